The zero-order valence-electron chi connectivity index (χ0n) is 19.2. The second-order valence-corrected chi connectivity index (χ2v) is 9.85. The first-order valence-corrected chi connectivity index (χ1v) is 12.5. The van der Waals surface area contributed by atoms with Crippen LogP contribution in [0.5, 0.6) is 5.75 Å². The molecule has 3 heterocycles. The molecule has 0 unspecified atom stereocenters. The molecular weight excluding hydrogens is 482 g/mol. The first-order valence-electron chi connectivity index (χ1n) is 11.3. The van der Waals surface area contributed by atoms with E-state index in [1.165, 1.54) is 11.8 Å². The number of ether oxygens (including phenoxy) is 1. The number of fused-ring (bicyclic) bond motifs is 1. The lowest BCUT2D eigenvalue weighted by Gasteiger charge is -2.29. The second-order valence-electron chi connectivity index (χ2n) is 8.41. The SMILES string of the molecule is CN1CCC(Oc2cccc3ncnc(Nc4ccc(Sc5ncc(CC#N)[nH]5)c(Cl)c4)c23)CC1. The van der Waals surface area contributed by atoms with Crippen LogP contribution in [0, 0.1) is 11.3 Å². The number of aromatic nitrogens is 4. The average Bonchev–Trinajstić information content (AvgIpc) is 3.30. The van der Waals surface area contributed by atoms with Crippen molar-refractivity contribution < 1.29 is 4.74 Å². The maximum atomic E-state index is 8.84. The Labute approximate surface area is 212 Å². The Kier molecular flexibility index (Phi) is 7.04. The predicted molar refractivity (Wildman–Crippen MR) is 137 cm³/mol. The summed E-state index contributed by atoms with van der Waals surface area (Å²) in [5.74, 6) is 1.45. The number of nitrogens with zero attached hydrogens (tertiary/aromatic N) is 5. The van der Waals surface area contributed by atoms with Crippen LogP contribution in [0.3, 0.4) is 0 Å². The van der Waals surface area contributed by atoms with Crippen molar-refractivity contribution in [3.05, 3.63) is 59.6 Å². The molecule has 0 bridgehead atoms. The summed E-state index contributed by atoms with van der Waals surface area (Å²) in [6, 6.07) is 13.7. The molecule has 4 aromatic rings. The maximum Gasteiger partial charge on any atom is 0.170 e. The van der Waals surface area contributed by atoms with Gasteiger partial charge in [0.1, 0.15) is 24.0 Å². The van der Waals surface area contributed by atoms with Gasteiger partial charge in [0.2, 0.25) is 0 Å². The van der Waals surface area contributed by atoms with Crippen LogP contribution in [0.4, 0.5) is 11.5 Å². The molecule has 0 amide bonds. The topological polar surface area (TPSA) is 103 Å². The summed E-state index contributed by atoms with van der Waals surface area (Å²) in [6.07, 6.45) is 5.66. The van der Waals surface area contributed by atoms with E-state index in [9.17, 15) is 0 Å². The van der Waals surface area contributed by atoms with Crippen molar-refractivity contribution >= 4 is 45.8 Å². The average molecular weight is 506 g/mol. The summed E-state index contributed by atoms with van der Waals surface area (Å²) in [5, 5.41) is 14.4. The number of anilines is 2. The third-order valence-corrected chi connectivity index (χ3v) is 7.26. The van der Waals surface area contributed by atoms with E-state index in [1.807, 2.05) is 36.4 Å². The molecule has 10 heteroatoms. The highest BCUT2D eigenvalue weighted by Gasteiger charge is 2.20. The van der Waals surface area contributed by atoms with Gasteiger partial charge in [-0.1, -0.05) is 29.4 Å². The van der Waals surface area contributed by atoms with Crippen molar-refractivity contribution in [2.24, 2.45) is 0 Å². The molecule has 1 aliphatic rings. The fourth-order valence-electron chi connectivity index (χ4n) is 4.02. The van der Waals surface area contributed by atoms with Gasteiger partial charge in [-0.05, 0) is 50.2 Å². The Morgan fingerprint density at radius 3 is 2.89 bits per heavy atom. The largest absolute Gasteiger partial charge is 0.489 e. The minimum Gasteiger partial charge on any atom is -0.489 e. The van der Waals surface area contributed by atoms with E-state index < -0.39 is 0 Å². The molecule has 1 saturated heterocycles. The van der Waals surface area contributed by atoms with E-state index in [0.717, 1.165) is 58.9 Å². The number of hydrogen-bond acceptors (Lipinski definition) is 8. The number of hydrogen-bond donors (Lipinski definition) is 2. The monoisotopic (exact) mass is 505 g/mol. The molecule has 1 fully saturated rings. The summed E-state index contributed by atoms with van der Waals surface area (Å²) in [5.41, 5.74) is 2.40. The van der Waals surface area contributed by atoms with Gasteiger partial charge in [-0.2, -0.15) is 5.26 Å². The minimum absolute atomic E-state index is 0.172. The first-order chi connectivity index (χ1) is 17.1. The smallest absolute Gasteiger partial charge is 0.170 e. The third-order valence-electron chi connectivity index (χ3n) is 5.86. The highest BCUT2D eigenvalue weighted by atomic mass is 35.5. The number of piperidine rings is 1. The Hall–Kier alpha value is -3.32. The zero-order valence-corrected chi connectivity index (χ0v) is 20.7. The summed E-state index contributed by atoms with van der Waals surface area (Å²) in [4.78, 5) is 19.6. The molecule has 0 aliphatic carbocycles. The van der Waals surface area contributed by atoms with Crippen LogP contribution in [0.2, 0.25) is 5.02 Å². The molecule has 0 spiro atoms. The molecule has 2 aromatic heterocycles. The summed E-state index contributed by atoms with van der Waals surface area (Å²) in [7, 11) is 2.14. The second kappa shape index (κ2) is 10.5. The van der Waals surface area contributed by atoms with E-state index in [4.69, 9.17) is 21.6 Å². The van der Waals surface area contributed by atoms with E-state index in [0.29, 0.717) is 22.4 Å². The first kappa shape index (κ1) is 23.4. The Morgan fingerprint density at radius 1 is 1.23 bits per heavy atom. The number of aromatic amines is 1. The number of benzene rings is 2. The highest BCUT2D eigenvalue weighted by molar-refractivity contribution is 7.99. The lowest BCUT2D eigenvalue weighted by atomic mass is 10.1. The maximum absolute atomic E-state index is 8.84. The number of rotatable bonds is 7. The molecule has 178 valence electrons. The van der Waals surface area contributed by atoms with E-state index in [-0.39, 0.29) is 6.10 Å². The van der Waals surface area contributed by atoms with Crippen LogP contribution in [0.15, 0.2) is 59.0 Å². The zero-order chi connectivity index (χ0) is 24.2. The van der Waals surface area contributed by atoms with Crippen LogP contribution in [-0.2, 0) is 6.42 Å². The van der Waals surface area contributed by atoms with Crippen LogP contribution in [0.1, 0.15) is 18.5 Å². The Bertz CT molecular complexity index is 1370. The number of nitrogens with one attached hydrogen (secondary N) is 2. The third kappa shape index (κ3) is 5.51. The van der Waals surface area contributed by atoms with Gasteiger partial charge in [0, 0.05) is 29.4 Å². The minimum atomic E-state index is 0.172. The molecule has 0 radical (unpaired) electrons. The van der Waals surface area contributed by atoms with Crippen molar-refractivity contribution in [1.82, 2.24) is 24.8 Å². The van der Waals surface area contributed by atoms with E-state index >= 15 is 0 Å². The fraction of sp³-hybridized carbons (Fsp3) is 0.280. The molecule has 2 N–H and O–H groups in total. The predicted octanol–water partition coefficient (Wildman–Crippen LogP) is 5.44. The van der Waals surface area contributed by atoms with Gasteiger partial charge in [-0.3, -0.25) is 0 Å². The van der Waals surface area contributed by atoms with Crippen molar-refractivity contribution in [2.75, 3.05) is 25.5 Å². The number of halogens is 1. The van der Waals surface area contributed by atoms with Crippen molar-refractivity contribution in [1.29, 1.82) is 5.26 Å². The Morgan fingerprint density at radius 2 is 2.09 bits per heavy atom. The number of likely N-dealkylation sites (tertiary alicyclic amines) is 1. The standard InChI is InChI=1S/C25H24ClN7OS/c1-33-11-8-18(9-12-33)34-21-4-2-3-20-23(21)24(30-15-29-20)31-16-5-6-22(19(26)13-16)35-25-28-14-17(32-25)7-10-27/h2-6,13-15,18H,7-9,11-12H2,1H3,(H,28,32)(H,29,30,31). The summed E-state index contributed by atoms with van der Waals surface area (Å²) >= 11 is 8.00. The van der Waals surface area contributed by atoms with Crippen LogP contribution in [0.25, 0.3) is 10.9 Å². The van der Waals surface area contributed by atoms with Gasteiger partial charge >= 0.3 is 0 Å². The van der Waals surface area contributed by atoms with Crippen LogP contribution >= 0.6 is 23.4 Å². The van der Waals surface area contributed by atoms with Crippen molar-refractivity contribution in [3.63, 3.8) is 0 Å². The normalized spacial score (nSPS) is 14.7. The number of H-pyrrole nitrogens is 1. The summed E-state index contributed by atoms with van der Waals surface area (Å²) < 4.78 is 6.42. The fourth-order valence-corrected chi connectivity index (χ4v) is 5.11. The molecule has 2 aromatic carbocycles. The highest BCUT2D eigenvalue weighted by Crippen LogP contribution is 2.36. The van der Waals surface area contributed by atoms with Gasteiger partial charge in [0.25, 0.3) is 0 Å². The number of nitriles is 1. The molecule has 8 nitrogen and oxygen atoms in total. The molecule has 35 heavy (non-hydrogen) atoms. The van der Waals surface area contributed by atoms with Crippen molar-refractivity contribution in [2.45, 2.75) is 35.4 Å². The lowest BCUT2D eigenvalue weighted by Crippen LogP contribution is -2.35. The van der Waals surface area contributed by atoms with Crippen molar-refractivity contribution in [3.8, 4) is 11.8 Å². The van der Waals surface area contributed by atoms with E-state index in [1.54, 1.807) is 12.5 Å². The van der Waals surface area contributed by atoms with Crippen LogP contribution in [-0.4, -0.2) is 51.1 Å². The molecule has 0 saturated carbocycles. The quantitative estimate of drug-likeness (QED) is 0.342. The van der Waals surface area contributed by atoms with Gasteiger partial charge in [-0.25, -0.2) is 15.0 Å². The van der Waals surface area contributed by atoms with E-state index in [2.05, 4.69) is 43.3 Å². The van der Waals surface area contributed by atoms with Gasteiger partial charge in [0.05, 0.1) is 34.6 Å². The molecule has 0 atom stereocenters. The summed E-state index contributed by atoms with van der Waals surface area (Å²) in [6.45, 7) is 2.05. The van der Waals surface area contributed by atoms with Gasteiger partial charge < -0.3 is 19.9 Å². The van der Waals surface area contributed by atoms with Gasteiger partial charge in [-0.15, -0.1) is 0 Å². The Balaban J connectivity index is 1.37. The number of imidazole rings is 1. The lowest BCUT2D eigenvalue weighted by molar-refractivity contribution is 0.116. The molecule has 5 rings (SSSR count). The molecule has 1 aliphatic heterocycles. The molecular formula is C25H24ClN7OS. The van der Waals surface area contributed by atoms with Crippen LogP contribution < -0.4 is 10.1 Å². The van der Waals surface area contributed by atoms with Gasteiger partial charge in [0.15, 0.2) is 5.16 Å².